The molecule has 1 aromatic carbocycles. The minimum Gasteiger partial charge on any atom is -0.0775 e. The highest BCUT2D eigenvalue weighted by Crippen LogP contribution is 2.32. The van der Waals surface area contributed by atoms with E-state index >= 15 is 0 Å². The molecule has 2 rings (SSSR count). The van der Waals surface area contributed by atoms with Crippen molar-refractivity contribution in [2.75, 3.05) is 0 Å². The first-order chi connectivity index (χ1) is 11.6. The predicted octanol–water partition coefficient (Wildman–Crippen LogP) is 5.62. The summed E-state index contributed by atoms with van der Waals surface area (Å²) >= 11 is 0. The van der Waals surface area contributed by atoms with Gasteiger partial charge in [-0.1, -0.05) is 96.5 Å². The van der Waals surface area contributed by atoms with Gasteiger partial charge in [-0.2, -0.15) is 0 Å². The van der Waals surface area contributed by atoms with Gasteiger partial charge in [0, 0.05) is 0 Å². The maximum Gasteiger partial charge on any atom is 0.0842 e. The van der Waals surface area contributed by atoms with Crippen LogP contribution in [0.4, 0.5) is 0 Å². The minimum atomic E-state index is -0.349. The standard InChI is InChI=1S/C23H36Si/c1-6-8-10-12-21-14-13-20(11-9-7-2)23(21)24-22-18(4)15-17(3)16-19(22)5/h13-16,21H,6-12,24H2,1-5H3. The summed E-state index contributed by atoms with van der Waals surface area (Å²) in [5.41, 5.74) is 6.16. The van der Waals surface area contributed by atoms with Gasteiger partial charge in [-0.05, 0) is 46.0 Å². The van der Waals surface area contributed by atoms with Crippen molar-refractivity contribution in [1.82, 2.24) is 0 Å². The molecule has 0 aromatic heterocycles. The van der Waals surface area contributed by atoms with E-state index in [4.69, 9.17) is 0 Å². The van der Waals surface area contributed by atoms with Crippen molar-refractivity contribution < 1.29 is 0 Å². The Bertz CT molecular complexity index is 583. The Morgan fingerprint density at radius 2 is 1.58 bits per heavy atom. The molecule has 0 saturated carbocycles. The lowest BCUT2D eigenvalue weighted by Crippen LogP contribution is -2.26. The summed E-state index contributed by atoms with van der Waals surface area (Å²) in [6, 6.07) is 4.77. The third-order valence-electron chi connectivity index (χ3n) is 5.52. The zero-order chi connectivity index (χ0) is 17.5. The van der Waals surface area contributed by atoms with E-state index in [-0.39, 0.29) is 9.52 Å². The molecule has 0 saturated heterocycles. The Hall–Kier alpha value is -1.08. The molecule has 0 amide bonds. The Labute approximate surface area is 152 Å². The molecule has 0 nitrogen and oxygen atoms in total. The van der Waals surface area contributed by atoms with Crippen LogP contribution < -0.4 is 5.19 Å². The van der Waals surface area contributed by atoms with Crippen LogP contribution in [0, 0.1) is 26.7 Å². The zero-order valence-electron chi connectivity index (χ0n) is 16.5. The number of benzene rings is 1. The van der Waals surface area contributed by atoms with Crippen molar-refractivity contribution in [2.45, 2.75) is 79.6 Å². The third-order valence-corrected chi connectivity index (χ3v) is 8.34. The summed E-state index contributed by atoms with van der Waals surface area (Å²) < 4.78 is 0. The van der Waals surface area contributed by atoms with Crippen molar-refractivity contribution in [1.29, 1.82) is 0 Å². The fraction of sp³-hybridized carbons (Fsp3) is 0.565. The van der Waals surface area contributed by atoms with Crippen LogP contribution in [0.2, 0.25) is 0 Å². The van der Waals surface area contributed by atoms with Crippen LogP contribution in [-0.2, 0) is 0 Å². The van der Waals surface area contributed by atoms with Gasteiger partial charge >= 0.3 is 0 Å². The zero-order valence-corrected chi connectivity index (χ0v) is 18.0. The Kier molecular flexibility index (Phi) is 7.55. The Morgan fingerprint density at radius 1 is 0.917 bits per heavy atom. The van der Waals surface area contributed by atoms with Crippen molar-refractivity contribution in [3.8, 4) is 0 Å². The average Bonchev–Trinajstić information content (AvgIpc) is 2.91. The number of hydrogen-bond acceptors (Lipinski definition) is 0. The molecule has 1 aliphatic carbocycles. The van der Waals surface area contributed by atoms with Crippen molar-refractivity contribution in [3.05, 3.63) is 51.7 Å². The second-order valence-electron chi connectivity index (χ2n) is 7.67. The van der Waals surface area contributed by atoms with Gasteiger partial charge in [0.2, 0.25) is 0 Å². The SMILES string of the molecule is CCCCCC1C=CC(CCCC)=C1[SiH2]c1c(C)cc(C)cc1C. The monoisotopic (exact) mass is 340 g/mol. The van der Waals surface area contributed by atoms with Gasteiger partial charge in [0.1, 0.15) is 0 Å². The van der Waals surface area contributed by atoms with Crippen LogP contribution in [0.25, 0.3) is 0 Å². The van der Waals surface area contributed by atoms with E-state index in [9.17, 15) is 0 Å². The van der Waals surface area contributed by atoms with E-state index in [0.29, 0.717) is 0 Å². The van der Waals surface area contributed by atoms with Gasteiger partial charge < -0.3 is 0 Å². The smallest absolute Gasteiger partial charge is 0.0775 e. The molecule has 1 unspecified atom stereocenters. The van der Waals surface area contributed by atoms with Crippen molar-refractivity contribution >= 4 is 14.7 Å². The maximum atomic E-state index is 2.53. The molecule has 0 fully saturated rings. The minimum absolute atomic E-state index is 0.349. The fourth-order valence-corrected chi connectivity index (χ4v) is 6.38. The van der Waals surface area contributed by atoms with Gasteiger partial charge in [-0.3, -0.25) is 0 Å². The molecule has 0 bridgehead atoms. The summed E-state index contributed by atoms with van der Waals surface area (Å²) in [5, 5.41) is 3.56. The van der Waals surface area contributed by atoms with Gasteiger partial charge in [-0.15, -0.1) is 0 Å². The van der Waals surface area contributed by atoms with E-state index in [2.05, 4.69) is 58.9 Å². The molecule has 1 atom stereocenters. The molecule has 132 valence electrons. The summed E-state index contributed by atoms with van der Waals surface area (Å²) in [6.45, 7) is 11.5. The van der Waals surface area contributed by atoms with Gasteiger partial charge in [0.25, 0.3) is 0 Å². The predicted molar refractivity (Wildman–Crippen MR) is 112 cm³/mol. The quantitative estimate of drug-likeness (QED) is 0.404. The highest BCUT2D eigenvalue weighted by Gasteiger charge is 2.21. The normalized spacial score (nSPS) is 17.6. The second-order valence-corrected chi connectivity index (χ2v) is 9.49. The van der Waals surface area contributed by atoms with Crippen molar-refractivity contribution in [2.24, 2.45) is 5.92 Å². The summed E-state index contributed by atoms with van der Waals surface area (Å²) in [5.74, 6) is 0.746. The molecule has 0 radical (unpaired) electrons. The molecule has 1 heteroatoms. The highest BCUT2D eigenvalue weighted by atomic mass is 28.2. The molecular formula is C23H36Si. The lowest BCUT2D eigenvalue weighted by molar-refractivity contribution is 0.607. The van der Waals surface area contributed by atoms with Crippen molar-refractivity contribution in [3.63, 3.8) is 0 Å². The lowest BCUT2D eigenvalue weighted by Gasteiger charge is -2.19. The largest absolute Gasteiger partial charge is 0.0842 e. The number of unbranched alkanes of at least 4 members (excludes halogenated alkanes) is 3. The highest BCUT2D eigenvalue weighted by molar-refractivity contribution is 6.62. The summed E-state index contributed by atoms with van der Waals surface area (Å²) in [6.07, 6.45) is 14.4. The molecule has 0 spiro atoms. The molecule has 24 heavy (non-hydrogen) atoms. The van der Waals surface area contributed by atoms with Crippen LogP contribution in [0.5, 0.6) is 0 Å². The van der Waals surface area contributed by atoms with Crippen LogP contribution in [0.15, 0.2) is 35.1 Å². The van der Waals surface area contributed by atoms with E-state index in [1.807, 2.05) is 5.20 Å². The third kappa shape index (κ3) is 4.96. The van der Waals surface area contributed by atoms with Crippen LogP contribution in [0.1, 0.15) is 75.5 Å². The topological polar surface area (TPSA) is 0 Å². The first-order valence-corrected chi connectivity index (χ1v) is 11.4. The Balaban J connectivity index is 2.23. The first kappa shape index (κ1) is 19.2. The summed E-state index contributed by atoms with van der Waals surface area (Å²) in [4.78, 5) is 0. The maximum absolute atomic E-state index is 2.53. The number of aryl methyl sites for hydroxylation is 3. The molecule has 1 aromatic rings. The lowest BCUT2D eigenvalue weighted by atomic mass is 10.0. The van der Waals surface area contributed by atoms with Crippen LogP contribution in [0.3, 0.4) is 0 Å². The molecule has 0 N–H and O–H groups in total. The molecule has 1 aliphatic rings. The van der Waals surface area contributed by atoms with Crippen LogP contribution in [-0.4, -0.2) is 9.52 Å². The van der Waals surface area contributed by atoms with E-state index < -0.39 is 0 Å². The van der Waals surface area contributed by atoms with E-state index in [1.54, 1.807) is 10.8 Å². The van der Waals surface area contributed by atoms with Crippen LogP contribution >= 0.6 is 0 Å². The first-order valence-electron chi connectivity index (χ1n) is 10.0. The van der Waals surface area contributed by atoms with Gasteiger partial charge in [-0.25, -0.2) is 0 Å². The molecule has 0 heterocycles. The van der Waals surface area contributed by atoms with E-state index in [0.717, 1.165) is 5.92 Å². The number of allylic oxidation sites excluding steroid dienone is 4. The number of rotatable bonds is 9. The fourth-order valence-electron chi connectivity index (χ4n) is 4.11. The van der Waals surface area contributed by atoms with Gasteiger partial charge in [0.05, 0.1) is 9.52 Å². The molecular weight excluding hydrogens is 304 g/mol. The van der Waals surface area contributed by atoms with E-state index in [1.165, 1.54) is 61.6 Å². The molecule has 0 aliphatic heterocycles. The van der Waals surface area contributed by atoms with Gasteiger partial charge in [0.15, 0.2) is 0 Å². The average molecular weight is 341 g/mol. The number of hydrogen-bond donors (Lipinski definition) is 0. The Morgan fingerprint density at radius 3 is 2.21 bits per heavy atom. The second kappa shape index (κ2) is 9.41. The summed E-state index contributed by atoms with van der Waals surface area (Å²) in [7, 11) is -0.349.